The molecule has 2 aromatic rings. The van der Waals surface area contributed by atoms with E-state index in [9.17, 15) is 5.11 Å². The van der Waals surface area contributed by atoms with Gasteiger partial charge in [0.1, 0.15) is 18.5 Å². The second-order valence-electron chi connectivity index (χ2n) is 3.90. The zero-order valence-corrected chi connectivity index (χ0v) is 9.65. The predicted octanol–water partition coefficient (Wildman–Crippen LogP) is 1.03. The van der Waals surface area contributed by atoms with Crippen molar-refractivity contribution in [2.75, 3.05) is 6.61 Å². The summed E-state index contributed by atoms with van der Waals surface area (Å²) in [4.78, 5) is 0. The van der Waals surface area contributed by atoms with E-state index in [1.54, 1.807) is 17.1 Å². The van der Waals surface area contributed by atoms with Crippen LogP contribution in [0.3, 0.4) is 0 Å². The average Bonchev–Trinajstić information content (AvgIpc) is 2.81. The molecule has 0 radical (unpaired) electrons. The molecule has 0 spiro atoms. The van der Waals surface area contributed by atoms with E-state index < -0.39 is 6.10 Å². The summed E-state index contributed by atoms with van der Waals surface area (Å²) in [6, 6.07) is 7.72. The van der Waals surface area contributed by atoms with Crippen LogP contribution in [0.5, 0.6) is 5.75 Å². The zero-order chi connectivity index (χ0) is 12.1. The van der Waals surface area contributed by atoms with Crippen molar-refractivity contribution < 1.29 is 9.84 Å². The largest absolute Gasteiger partial charge is 0.491 e. The third-order valence-corrected chi connectivity index (χ3v) is 2.33. The Labute approximate surface area is 99.7 Å². The number of hydrogen-bond donors (Lipinski definition) is 1. The van der Waals surface area contributed by atoms with Crippen molar-refractivity contribution >= 4 is 0 Å². The minimum Gasteiger partial charge on any atom is -0.491 e. The molecule has 1 atom stereocenters. The van der Waals surface area contributed by atoms with Crippen LogP contribution in [0, 0.1) is 6.92 Å². The number of benzene rings is 1. The Balaban J connectivity index is 1.79. The molecule has 90 valence electrons. The molecule has 1 heterocycles. The van der Waals surface area contributed by atoms with Crippen LogP contribution in [0.1, 0.15) is 5.56 Å². The summed E-state index contributed by atoms with van der Waals surface area (Å²) in [6.07, 6.45) is 2.68. The molecule has 0 aliphatic heterocycles. The first kappa shape index (κ1) is 11.6. The zero-order valence-electron chi connectivity index (χ0n) is 9.65. The Hall–Kier alpha value is -1.88. The van der Waals surface area contributed by atoms with E-state index in [0.29, 0.717) is 6.54 Å². The van der Waals surface area contributed by atoms with Crippen molar-refractivity contribution in [3.8, 4) is 5.75 Å². The summed E-state index contributed by atoms with van der Waals surface area (Å²) >= 11 is 0. The molecule has 0 saturated heterocycles. The monoisotopic (exact) mass is 233 g/mol. The maximum atomic E-state index is 9.72. The third-order valence-electron chi connectivity index (χ3n) is 2.33. The van der Waals surface area contributed by atoms with Crippen molar-refractivity contribution in [3.63, 3.8) is 0 Å². The van der Waals surface area contributed by atoms with E-state index in [4.69, 9.17) is 4.74 Å². The summed E-state index contributed by atoms with van der Waals surface area (Å²) in [6.45, 7) is 2.64. The molecule has 5 heteroatoms. The van der Waals surface area contributed by atoms with E-state index >= 15 is 0 Å². The lowest BCUT2D eigenvalue weighted by Crippen LogP contribution is -2.23. The lowest BCUT2D eigenvalue weighted by Gasteiger charge is -2.12. The molecule has 1 unspecified atom stereocenters. The smallest absolute Gasteiger partial charge is 0.119 e. The maximum Gasteiger partial charge on any atom is 0.119 e. The number of aliphatic hydroxyl groups excluding tert-OH is 1. The molecular formula is C12H15N3O2. The van der Waals surface area contributed by atoms with Crippen molar-refractivity contribution in [1.29, 1.82) is 0 Å². The Morgan fingerprint density at radius 2 is 2.12 bits per heavy atom. The number of ether oxygens (including phenoxy) is 1. The van der Waals surface area contributed by atoms with Crippen LogP contribution in [0.15, 0.2) is 36.7 Å². The molecule has 1 N–H and O–H groups in total. The lowest BCUT2D eigenvalue weighted by molar-refractivity contribution is 0.0888. The molecule has 0 bridgehead atoms. The van der Waals surface area contributed by atoms with Crippen molar-refractivity contribution in [2.45, 2.75) is 19.6 Å². The molecule has 5 nitrogen and oxygen atoms in total. The minimum absolute atomic E-state index is 0.239. The van der Waals surface area contributed by atoms with Crippen LogP contribution in [-0.4, -0.2) is 32.8 Å². The van der Waals surface area contributed by atoms with Gasteiger partial charge in [-0.05, 0) is 19.1 Å². The normalized spacial score (nSPS) is 12.4. The Kier molecular flexibility index (Phi) is 3.72. The molecular weight excluding hydrogens is 218 g/mol. The van der Waals surface area contributed by atoms with Crippen LogP contribution in [-0.2, 0) is 6.54 Å². The molecule has 0 aliphatic rings. The first-order valence-electron chi connectivity index (χ1n) is 5.45. The number of rotatable bonds is 5. The number of nitrogens with zero attached hydrogens (tertiary/aromatic N) is 3. The van der Waals surface area contributed by atoms with Crippen LogP contribution in [0.25, 0.3) is 0 Å². The van der Waals surface area contributed by atoms with E-state index in [2.05, 4.69) is 10.3 Å². The van der Waals surface area contributed by atoms with Gasteiger partial charge in [-0.15, -0.1) is 5.10 Å². The number of aryl methyl sites for hydroxylation is 1. The highest BCUT2D eigenvalue weighted by Gasteiger charge is 2.06. The summed E-state index contributed by atoms with van der Waals surface area (Å²) in [5.74, 6) is 0.758. The second-order valence-corrected chi connectivity index (χ2v) is 3.90. The van der Waals surface area contributed by atoms with E-state index in [0.717, 1.165) is 5.75 Å². The molecule has 2 rings (SSSR count). The van der Waals surface area contributed by atoms with Gasteiger partial charge in [-0.2, -0.15) is 0 Å². The van der Waals surface area contributed by atoms with Gasteiger partial charge < -0.3 is 9.84 Å². The average molecular weight is 233 g/mol. The molecule has 1 aromatic carbocycles. The molecule has 17 heavy (non-hydrogen) atoms. The highest BCUT2D eigenvalue weighted by atomic mass is 16.5. The predicted molar refractivity (Wildman–Crippen MR) is 62.7 cm³/mol. The highest BCUT2D eigenvalue weighted by Crippen LogP contribution is 2.11. The first-order valence-corrected chi connectivity index (χ1v) is 5.45. The fourth-order valence-electron chi connectivity index (χ4n) is 1.43. The Bertz CT molecular complexity index is 439. The van der Waals surface area contributed by atoms with Crippen LogP contribution < -0.4 is 4.74 Å². The number of hydrogen-bond acceptors (Lipinski definition) is 4. The van der Waals surface area contributed by atoms with Gasteiger partial charge in [-0.25, -0.2) is 4.68 Å². The third kappa shape index (κ3) is 3.57. The van der Waals surface area contributed by atoms with Gasteiger partial charge in [-0.1, -0.05) is 22.9 Å². The van der Waals surface area contributed by atoms with E-state index in [1.165, 1.54) is 5.56 Å². The van der Waals surface area contributed by atoms with Gasteiger partial charge in [0.2, 0.25) is 0 Å². The topological polar surface area (TPSA) is 60.2 Å². The van der Waals surface area contributed by atoms with Crippen LogP contribution >= 0.6 is 0 Å². The van der Waals surface area contributed by atoms with Gasteiger partial charge in [0, 0.05) is 6.20 Å². The van der Waals surface area contributed by atoms with Crippen molar-refractivity contribution in [2.24, 2.45) is 0 Å². The molecule has 0 amide bonds. The first-order chi connectivity index (χ1) is 8.24. The van der Waals surface area contributed by atoms with E-state index in [-0.39, 0.29) is 6.61 Å². The Morgan fingerprint density at radius 1 is 1.35 bits per heavy atom. The van der Waals surface area contributed by atoms with E-state index in [1.807, 2.05) is 31.2 Å². The lowest BCUT2D eigenvalue weighted by atomic mass is 10.2. The fourth-order valence-corrected chi connectivity index (χ4v) is 1.43. The van der Waals surface area contributed by atoms with Gasteiger partial charge in [0.05, 0.1) is 12.7 Å². The standard InChI is InChI=1S/C12H15N3O2/c1-10-2-4-12(5-3-10)17-9-11(16)8-15-7-6-13-14-15/h2-7,11,16H,8-9H2,1H3. The number of aliphatic hydroxyl groups is 1. The minimum atomic E-state index is -0.599. The summed E-state index contributed by atoms with van der Waals surface area (Å²) < 4.78 is 7.03. The number of aromatic nitrogens is 3. The molecule has 0 saturated carbocycles. The van der Waals surface area contributed by atoms with Crippen molar-refractivity contribution in [3.05, 3.63) is 42.2 Å². The summed E-state index contributed by atoms with van der Waals surface area (Å²) in [5, 5.41) is 17.2. The van der Waals surface area contributed by atoms with Crippen molar-refractivity contribution in [1.82, 2.24) is 15.0 Å². The quantitative estimate of drug-likeness (QED) is 0.837. The molecule has 0 fully saturated rings. The van der Waals surface area contributed by atoms with Crippen LogP contribution in [0.2, 0.25) is 0 Å². The second kappa shape index (κ2) is 5.45. The SMILES string of the molecule is Cc1ccc(OCC(O)Cn2ccnn2)cc1. The molecule has 1 aromatic heterocycles. The van der Waals surface area contributed by atoms with Gasteiger partial charge in [-0.3, -0.25) is 0 Å². The summed E-state index contributed by atoms with van der Waals surface area (Å²) in [7, 11) is 0. The fraction of sp³-hybridized carbons (Fsp3) is 0.333. The highest BCUT2D eigenvalue weighted by molar-refractivity contribution is 5.26. The summed E-state index contributed by atoms with van der Waals surface area (Å²) in [5.41, 5.74) is 1.18. The Morgan fingerprint density at radius 3 is 2.76 bits per heavy atom. The maximum absolute atomic E-state index is 9.72. The van der Waals surface area contributed by atoms with Gasteiger partial charge in [0.25, 0.3) is 0 Å². The van der Waals surface area contributed by atoms with Gasteiger partial charge in [0.15, 0.2) is 0 Å². The van der Waals surface area contributed by atoms with Gasteiger partial charge >= 0.3 is 0 Å². The van der Waals surface area contributed by atoms with Crippen LogP contribution in [0.4, 0.5) is 0 Å². The molecule has 0 aliphatic carbocycles.